The normalized spacial score (nSPS) is 25.0. The quantitative estimate of drug-likeness (QED) is 0.841. The number of piperidine rings is 1. The molecule has 24 heavy (non-hydrogen) atoms. The fraction of sp³-hybridized carbons (Fsp3) is 0.632. The number of likely N-dealkylation sites (tertiary alicyclic amines) is 1. The molecule has 1 aromatic carbocycles. The van der Waals surface area contributed by atoms with Crippen molar-refractivity contribution in [3.8, 4) is 0 Å². The summed E-state index contributed by atoms with van der Waals surface area (Å²) < 4.78 is 5.27. The molecule has 2 aliphatic rings. The molecular weight excluding hydrogens is 302 g/mol. The van der Waals surface area contributed by atoms with Gasteiger partial charge in [0, 0.05) is 18.1 Å². The Kier molecular flexibility index (Phi) is 6.10. The third-order valence-corrected chi connectivity index (χ3v) is 5.18. The van der Waals surface area contributed by atoms with E-state index < -0.39 is 0 Å². The highest BCUT2D eigenvalue weighted by atomic mass is 16.5. The van der Waals surface area contributed by atoms with Gasteiger partial charge in [0.2, 0.25) is 0 Å². The molecule has 2 N–H and O–H groups in total. The van der Waals surface area contributed by atoms with Crippen LogP contribution < -0.4 is 10.6 Å². The third-order valence-electron chi connectivity index (χ3n) is 5.18. The molecule has 2 fully saturated rings. The van der Waals surface area contributed by atoms with Crippen LogP contribution in [0.3, 0.4) is 0 Å². The molecule has 0 radical (unpaired) electrons. The number of hydrogen-bond acceptors (Lipinski definition) is 4. The Bertz CT molecular complexity index is 509. The van der Waals surface area contributed by atoms with Gasteiger partial charge in [0.05, 0.1) is 0 Å². The Labute approximate surface area is 144 Å². The molecule has 3 rings (SSSR count). The summed E-state index contributed by atoms with van der Waals surface area (Å²) in [4.78, 5) is 14.3. The summed E-state index contributed by atoms with van der Waals surface area (Å²) in [5.41, 5.74) is 1.01. The molecule has 0 atom stereocenters. The first-order valence-electron chi connectivity index (χ1n) is 9.18. The van der Waals surface area contributed by atoms with E-state index in [1.807, 2.05) is 30.3 Å². The van der Waals surface area contributed by atoms with Gasteiger partial charge in [-0.3, -0.25) is 0 Å². The highest BCUT2D eigenvalue weighted by Crippen LogP contribution is 2.22. The lowest BCUT2D eigenvalue weighted by Gasteiger charge is -2.40. The minimum atomic E-state index is -0.307. The van der Waals surface area contributed by atoms with Crippen LogP contribution in [-0.4, -0.2) is 48.8 Å². The first kappa shape index (κ1) is 17.2. The molecule has 1 aromatic rings. The van der Waals surface area contributed by atoms with Crippen molar-refractivity contribution in [2.24, 2.45) is 0 Å². The number of ether oxygens (including phenoxy) is 1. The zero-order valence-electron chi connectivity index (χ0n) is 14.5. The molecule has 5 nitrogen and oxygen atoms in total. The van der Waals surface area contributed by atoms with Crippen LogP contribution in [0.1, 0.15) is 38.2 Å². The van der Waals surface area contributed by atoms with Crippen molar-refractivity contribution in [2.75, 3.05) is 19.6 Å². The maximum atomic E-state index is 11.8. The van der Waals surface area contributed by atoms with Crippen LogP contribution in [-0.2, 0) is 11.3 Å². The molecule has 1 aliphatic heterocycles. The van der Waals surface area contributed by atoms with E-state index >= 15 is 0 Å². The van der Waals surface area contributed by atoms with Crippen LogP contribution in [0.15, 0.2) is 30.3 Å². The molecule has 0 bridgehead atoms. The largest absolute Gasteiger partial charge is 0.445 e. The van der Waals surface area contributed by atoms with Crippen molar-refractivity contribution in [2.45, 2.75) is 57.3 Å². The van der Waals surface area contributed by atoms with Crippen molar-refractivity contribution < 1.29 is 9.53 Å². The summed E-state index contributed by atoms with van der Waals surface area (Å²) in [6.45, 7) is 6.12. The summed E-state index contributed by atoms with van der Waals surface area (Å²) in [7, 11) is 0. The predicted octanol–water partition coefficient (Wildman–Crippen LogP) is 2.52. The topological polar surface area (TPSA) is 53.6 Å². The Morgan fingerprint density at radius 2 is 1.83 bits per heavy atom. The lowest BCUT2D eigenvalue weighted by molar-refractivity contribution is 0.121. The molecule has 132 valence electrons. The van der Waals surface area contributed by atoms with Crippen molar-refractivity contribution in [1.29, 1.82) is 0 Å². The van der Waals surface area contributed by atoms with E-state index in [1.54, 1.807) is 0 Å². The summed E-state index contributed by atoms with van der Waals surface area (Å²) in [6, 6.07) is 11.2. The van der Waals surface area contributed by atoms with Crippen LogP contribution in [0.25, 0.3) is 0 Å². The van der Waals surface area contributed by atoms with E-state index in [9.17, 15) is 4.79 Å². The molecule has 5 heteroatoms. The van der Waals surface area contributed by atoms with Gasteiger partial charge in [0.1, 0.15) is 6.61 Å². The summed E-state index contributed by atoms with van der Waals surface area (Å²) >= 11 is 0. The van der Waals surface area contributed by atoms with Gasteiger partial charge in [-0.05, 0) is 50.9 Å². The number of hydrogen-bond donors (Lipinski definition) is 2. The van der Waals surface area contributed by atoms with Crippen molar-refractivity contribution >= 4 is 6.09 Å². The molecule has 1 saturated carbocycles. The van der Waals surface area contributed by atoms with Gasteiger partial charge in [0.15, 0.2) is 0 Å². The second-order valence-corrected chi connectivity index (χ2v) is 6.95. The van der Waals surface area contributed by atoms with Crippen LogP contribution >= 0.6 is 0 Å². The van der Waals surface area contributed by atoms with Gasteiger partial charge in [-0.1, -0.05) is 37.3 Å². The number of benzene rings is 1. The fourth-order valence-corrected chi connectivity index (χ4v) is 3.55. The minimum Gasteiger partial charge on any atom is -0.445 e. The first-order chi connectivity index (χ1) is 11.7. The number of amides is 1. The Balaban J connectivity index is 1.27. The van der Waals surface area contributed by atoms with Crippen LogP contribution in [0.5, 0.6) is 0 Å². The molecule has 0 spiro atoms. The maximum Gasteiger partial charge on any atom is 0.407 e. The van der Waals surface area contributed by atoms with Gasteiger partial charge in [-0.25, -0.2) is 4.79 Å². The summed E-state index contributed by atoms with van der Waals surface area (Å²) in [5, 5.41) is 6.70. The third kappa shape index (κ3) is 4.95. The maximum absolute atomic E-state index is 11.8. The van der Waals surface area contributed by atoms with E-state index in [-0.39, 0.29) is 12.1 Å². The smallest absolute Gasteiger partial charge is 0.407 e. The van der Waals surface area contributed by atoms with E-state index in [4.69, 9.17) is 4.74 Å². The van der Waals surface area contributed by atoms with Gasteiger partial charge in [0.25, 0.3) is 0 Å². The fourth-order valence-electron chi connectivity index (χ4n) is 3.55. The molecular formula is C19H29N3O2. The average molecular weight is 331 g/mol. The second kappa shape index (κ2) is 8.49. The van der Waals surface area contributed by atoms with Gasteiger partial charge in [-0.2, -0.15) is 0 Å². The number of rotatable bonds is 6. The van der Waals surface area contributed by atoms with Gasteiger partial charge < -0.3 is 20.3 Å². The SMILES string of the molecule is CCN1CCC(NC2CC(NC(=O)OCc3ccccc3)C2)CC1. The Morgan fingerprint density at radius 3 is 2.50 bits per heavy atom. The van der Waals surface area contributed by atoms with Crippen molar-refractivity contribution in [1.82, 2.24) is 15.5 Å². The number of nitrogens with zero attached hydrogens (tertiary/aromatic N) is 1. The zero-order valence-corrected chi connectivity index (χ0v) is 14.5. The van der Waals surface area contributed by atoms with E-state index in [0.29, 0.717) is 18.7 Å². The predicted molar refractivity (Wildman–Crippen MR) is 94.8 cm³/mol. The molecule has 1 aliphatic carbocycles. The van der Waals surface area contributed by atoms with Crippen molar-refractivity contribution in [3.63, 3.8) is 0 Å². The second-order valence-electron chi connectivity index (χ2n) is 6.95. The van der Waals surface area contributed by atoms with E-state index in [2.05, 4.69) is 22.5 Å². The monoisotopic (exact) mass is 331 g/mol. The lowest BCUT2D eigenvalue weighted by atomic mass is 9.85. The van der Waals surface area contributed by atoms with E-state index in [1.165, 1.54) is 25.9 Å². The number of nitrogens with one attached hydrogen (secondary N) is 2. The lowest BCUT2D eigenvalue weighted by Crippen LogP contribution is -2.56. The number of carbonyl (C=O) groups excluding carboxylic acids is 1. The molecule has 0 unspecified atom stereocenters. The zero-order chi connectivity index (χ0) is 16.8. The Hall–Kier alpha value is -1.59. The average Bonchev–Trinajstić information content (AvgIpc) is 2.59. The van der Waals surface area contributed by atoms with Gasteiger partial charge >= 0.3 is 6.09 Å². The van der Waals surface area contributed by atoms with Crippen LogP contribution in [0, 0.1) is 0 Å². The number of carbonyl (C=O) groups is 1. The highest BCUT2D eigenvalue weighted by Gasteiger charge is 2.32. The minimum absolute atomic E-state index is 0.251. The summed E-state index contributed by atoms with van der Waals surface area (Å²) in [6.07, 6.45) is 4.19. The first-order valence-corrected chi connectivity index (χ1v) is 9.18. The van der Waals surface area contributed by atoms with Crippen molar-refractivity contribution in [3.05, 3.63) is 35.9 Å². The van der Waals surface area contributed by atoms with Crippen LogP contribution in [0.4, 0.5) is 4.79 Å². The van der Waals surface area contributed by atoms with Crippen LogP contribution in [0.2, 0.25) is 0 Å². The molecule has 0 aromatic heterocycles. The standard InChI is InChI=1S/C19H29N3O2/c1-2-22-10-8-16(9-11-22)20-17-12-18(13-17)21-19(23)24-14-15-6-4-3-5-7-15/h3-7,16-18,20H,2,8-14H2,1H3,(H,21,23). The molecule has 1 heterocycles. The summed E-state index contributed by atoms with van der Waals surface area (Å²) in [5.74, 6) is 0. The molecule has 1 saturated heterocycles. The number of alkyl carbamates (subject to hydrolysis) is 1. The highest BCUT2D eigenvalue weighted by molar-refractivity contribution is 5.67. The Morgan fingerprint density at radius 1 is 1.12 bits per heavy atom. The van der Waals surface area contributed by atoms with E-state index in [0.717, 1.165) is 24.9 Å². The van der Waals surface area contributed by atoms with Gasteiger partial charge in [-0.15, -0.1) is 0 Å². The molecule has 1 amide bonds.